The van der Waals surface area contributed by atoms with Crippen LogP contribution in [0.4, 0.5) is 0 Å². The number of carbonyl (C=O) groups excluding carboxylic acids is 1. The lowest BCUT2D eigenvalue weighted by Crippen LogP contribution is -2.39. The van der Waals surface area contributed by atoms with Crippen LogP contribution in [0.25, 0.3) is 0 Å². The van der Waals surface area contributed by atoms with Crippen molar-refractivity contribution in [1.29, 1.82) is 0 Å². The normalized spacial score (nSPS) is 20.8. The molecule has 0 aromatic rings. The zero-order valence-corrected chi connectivity index (χ0v) is 10.5. The van der Waals surface area contributed by atoms with Crippen molar-refractivity contribution in [3.63, 3.8) is 0 Å². The number of hydrogen-bond donors (Lipinski definition) is 1. The van der Waals surface area contributed by atoms with E-state index in [4.69, 9.17) is 4.74 Å². The van der Waals surface area contributed by atoms with Gasteiger partial charge in [-0.1, -0.05) is 20.3 Å². The van der Waals surface area contributed by atoms with Crippen LogP contribution in [0.1, 0.15) is 33.1 Å². The maximum atomic E-state index is 11.8. The Morgan fingerprint density at radius 2 is 2.25 bits per heavy atom. The van der Waals surface area contributed by atoms with Crippen LogP contribution in [0.2, 0.25) is 0 Å². The number of unbranched alkanes of at least 4 members (excludes halogenated alkanes) is 1. The van der Waals surface area contributed by atoms with E-state index in [-0.39, 0.29) is 11.9 Å². The van der Waals surface area contributed by atoms with Crippen molar-refractivity contribution in [2.45, 2.75) is 39.2 Å². The van der Waals surface area contributed by atoms with Crippen LogP contribution in [0.15, 0.2) is 0 Å². The van der Waals surface area contributed by atoms with E-state index in [0.29, 0.717) is 6.61 Å². The molecule has 94 valence electrons. The summed E-state index contributed by atoms with van der Waals surface area (Å²) in [7, 11) is 0. The highest BCUT2D eigenvalue weighted by Gasteiger charge is 2.30. The third-order valence-electron chi connectivity index (χ3n) is 2.90. The average Bonchev–Trinajstić information content (AvgIpc) is 2.62. The topological polar surface area (TPSA) is 41.6 Å². The maximum absolute atomic E-state index is 11.8. The molecule has 4 nitrogen and oxygen atoms in total. The largest absolute Gasteiger partial charge is 0.380 e. The lowest BCUT2D eigenvalue weighted by molar-refractivity contribution is -0.130. The van der Waals surface area contributed by atoms with Gasteiger partial charge >= 0.3 is 0 Å². The number of nitrogens with zero attached hydrogens (tertiary/aromatic N) is 1. The monoisotopic (exact) mass is 228 g/mol. The van der Waals surface area contributed by atoms with E-state index in [2.05, 4.69) is 12.2 Å². The molecule has 0 aromatic heterocycles. The Labute approximate surface area is 98.3 Å². The third-order valence-corrected chi connectivity index (χ3v) is 2.90. The van der Waals surface area contributed by atoms with Crippen LogP contribution in [-0.2, 0) is 9.53 Å². The van der Waals surface area contributed by atoms with Crippen LogP contribution in [0.5, 0.6) is 0 Å². The fourth-order valence-electron chi connectivity index (χ4n) is 1.92. The summed E-state index contributed by atoms with van der Waals surface area (Å²) >= 11 is 0. The Kier molecular flexibility index (Phi) is 6.42. The highest BCUT2D eigenvalue weighted by Crippen LogP contribution is 2.10. The van der Waals surface area contributed by atoms with Crippen molar-refractivity contribution in [2.24, 2.45) is 0 Å². The smallest absolute Gasteiger partial charge is 0.239 e. The standard InChI is InChI=1S/C12H24N2O2/c1-3-5-9-16-10-8-14-7-6-11(12(14)15)13-4-2/h11,13H,3-10H2,1-2H3. The van der Waals surface area contributed by atoms with Crippen LogP contribution in [0.3, 0.4) is 0 Å². The maximum Gasteiger partial charge on any atom is 0.239 e. The Morgan fingerprint density at radius 3 is 2.94 bits per heavy atom. The van der Waals surface area contributed by atoms with E-state index < -0.39 is 0 Å². The molecule has 0 bridgehead atoms. The molecular formula is C12H24N2O2. The number of amides is 1. The van der Waals surface area contributed by atoms with Gasteiger partial charge in [-0.15, -0.1) is 0 Å². The molecule has 1 amide bonds. The van der Waals surface area contributed by atoms with Gasteiger partial charge in [-0.25, -0.2) is 0 Å². The van der Waals surface area contributed by atoms with Gasteiger partial charge in [0.25, 0.3) is 0 Å². The van der Waals surface area contributed by atoms with Crippen molar-refractivity contribution in [2.75, 3.05) is 32.8 Å². The number of rotatable bonds is 8. The molecular weight excluding hydrogens is 204 g/mol. The first-order valence-corrected chi connectivity index (χ1v) is 6.39. The van der Waals surface area contributed by atoms with Gasteiger partial charge in [-0.05, 0) is 19.4 Å². The Hall–Kier alpha value is -0.610. The molecule has 1 unspecified atom stereocenters. The summed E-state index contributed by atoms with van der Waals surface area (Å²) in [6.07, 6.45) is 3.20. The van der Waals surface area contributed by atoms with Gasteiger partial charge in [0, 0.05) is 19.7 Å². The molecule has 1 saturated heterocycles. The second-order valence-corrected chi connectivity index (χ2v) is 4.19. The Morgan fingerprint density at radius 1 is 1.44 bits per heavy atom. The first kappa shape index (κ1) is 13.5. The van der Waals surface area contributed by atoms with Gasteiger partial charge in [0.2, 0.25) is 5.91 Å². The van der Waals surface area contributed by atoms with Gasteiger partial charge in [-0.3, -0.25) is 4.79 Å². The highest BCUT2D eigenvalue weighted by molar-refractivity contribution is 5.83. The van der Waals surface area contributed by atoms with Crippen LogP contribution in [0, 0.1) is 0 Å². The Bertz CT molecular complexity index is 209. The van der Waals surface area contributed by atoms with Gasteiger partial charge in [0.05, 0.1) is 12.6 Å². The van der Waals surface area contributed by atoms with Crippen LogP contribution in [-0.4, -0.2) is 49.7 Å². The predicted molar refractivity (Wildman–Crippen MR) is 64.4 cm³/mol. The molecule has 1 N–H and O–H groups in total. The van der Waals surface area contributed by atoms with Crippen molar-refractivity contribution < 1.29 is 9.53 Å². The van der Waals surface area contributed by atoms with Gasteiger partial charge in [0.15, 0.2) is 0 Å². The number of nitrogens with one attached hydrogen (secondary N) is 1. The minimum atomic E-state index is 0.0423. The molecule has 0 spiro atoms. The van der Waals surface area contributed by atoms with E-state index in [9.17, 15) is 4.79 Å². The number of likely N-dealkylation sites (N-methyl/N-ethyl adjacent to an activating group) is 1. The molecule has 1 atom stereocenters. The van der Waals surface area contributed by atoms with E-state index >= 15 is 0 Å². The third kappa shape index (κ3) is 4.10. The number of carbonyl (C=O) groups is 1. The second-order valence-electron chi connectivity index (χ2n) is 4.19. The molecule has 4 heteroatoms. The van der Waals surface area contributed by atoms with Crippen LogP contribution >= 0.6 is 0 Å². The van der Waals surface area contributed by atoms with Crippen molar-refractivity contribution in [1.82, 2.24) is 10.2 Å². The molecule has 0 radical (unpaired) electrons. The SMILES string of the molecule is CCCCOCCN1CCC(NCC)C1=O. The molecule has 1 fully saturated rings. The zero-order chi connectivity index (χ0) is 11.8. The quantitative estimate of drug-likeness (QED) is 0.631. The predicted octanol–water partition coefficient (Wildman–Crippen LogP) is 1.01. The fourth-order valence-corrected chi connectivity index (χ4v) is 1.92. The van der Waals surface area contributed by atoms with Crippen LogP contribution < -0.4 is 5.32 Å². The Balaban J connectivity index is 2.12. The van der Waals surface area contributed by atoms with E-state index in [1.165, 1.54) is 0 Å². The summed E-state index contributed by atoms with van der Waals surface area (Å²) in [5.41, 5.74) is 0. The summed E-state index contributed by atoms with van der Waals surface area (Å²) in [5.74, 6) is 0.237. The molecule has 1 rings (SSSR count). The summed E-state index contributed by atoms with van der Waals surface area (Å²) in [6, 6.07) is 0.0423. The lowest BCUT2D eigenvalue weighted by atomic mass is 10.2. The molecule has 1 heterocycles. The zero-order valence-electron chi connectivity index (χ0n) is 10.5. The number of ether oxygens (including phenoxy) is 1. The van der Waals surface area contributed by atoms with Gasteiger partial charge in [0.1, 0.15) is 0 Å². The number of likely N-dealkylation sites (tertiary alicyclic amines) is 1. The van der Waals surface area contributed by atoms with E-state index in [0.717, 1.165) is 45.5 Å². The summed E-state index contributed by atoms with van der Waals surface area (Å²) in [4.78, 5) is 13.7. The average molecular weight is 228 g/mol. The first-order valence-electron chi connectivity index (χ1n) is 6.39. The molecule has 0 saturated carbocycles. The molecule has 0 aromatic carbocycles. The van der Waals surface area contributed by atoms with Gasteiger partial charge in [-0.2, -0.15) is 0 Å². The minimum Gasteiger partial charge on any atom is -0.380 e. The lowest BCUT2D eigenvalue weighted by Gasteiger charge is -2.16. The number of hydrogen-bond acceptors (Lipinski definition) is 3. The van der Waals surface area contributed by atoms with Crippen molar-refractivity contribution in [3.05, 3.63) is 0 Å². The summed E-state index contributed by atoms with van der Waals surface area (Å²) in [5, 5.41) is 3.20. The fraction of sp³-hybridized carbons (Fsp3) is 0.917. The van der Waals surface area contributed by atoms with E-state index in [1.54, 1.807) is 0 Å². The van der Waals surface area contributed by atoms with Gasteiger partial charge < -0.3 is 15.0 Å². The molecule has 0 aliphatic carbocycles. The molecule has 1 aliphatic heterocycles. The van der Waals surface area contributed by atoms with Crippen molar-refractivity contribution in [3.8, 4) is 0 Å². The molecule has 1 aliphatic rings. The summed E-state index contributed by atoms with van der Waals surface area (Å²) < 4.78 is 5.47. The minimum absolute atomic E-state index is 0.0423. The summed E-state index contributed by atoms with van der Waals surface area (Å²) in [6.45, 7) is 8.13. The first-order chi connectivity index (χ1) is 7.79. The second kappa shape index (κ2) is 7.63. The highest BCUT2D eigenvalue weighted by atomic mass is 16.5. The van der Waals surface area contributed by atoms with Crippen molar-refractivity contribution >= 4 is 5.91 Å². The van der Waals surface area contributed by atoms with E-state index in [1.807, 2.05) is 11.8 Å². The molecule has 16 heavy (non-hydrogen) atoms.